The Balaban J connectivity index is 2.28. The summed E-state index contributed by atoms with van der Waals surface area (Å²) in [6, 6.07) is 7.38. The van der Waals surface area contributed by atoms with Gasteiger partial charge in [0.15, 0.2) is 0 Å². The van der Waals surface area contributed by atoms with Crippen LogP contribution >= 0.6 is 15.9 Å². The van der Waals surface area contributed by atoms with E-state index in [1.807, 2.05) is 0 Å². The lowest BCUT2D eigenvalue weighted by molar-refractivity contribution is -0.126. The third kappa shape index (κ3) is 2.72. The molecule has 2 rings (SSSR count). The molecule has 20 heavy (non-hydrogen) atoms. The standard InChI is InChI=1S/C15H18BrN3O/c1-10(2)15(5-6-18-9-15)14(20)19-13-7-12(16)4-3-11(13)8-17/h3-4,7,10,18H,5-6,9H2,1-2H3,(H,19,20). The summed E-state index contributed by atoms with van der Waals surface area (Å²) in [4.78, 5) is 12.7. The van der Waals surface area contributed by atoms with Crippen LogP contribution in [0.25, 0.3) is 0 Å². The van der Waals surface area contributed by atoms with Crippen LogP contribution in [0, 0.1) is 22.7 Å². The zero-order chi connectivity index (χ0) is 14.8. The fourth-order valence-corrected chi connectivity index (χ4v) is 2.99. The molecule has 1 aliphatic rings. The summed E-state index contributed by atoms with van der Waals surface area (Å²) in [6.07, 6.45) is 0.826. The lowest BCUT2D eigenvalue weighted by Crippen LogP contribution is -2.42. The number of nitrogens with one attached hydrogen (secondary N) is 2. The van der Waals surface area contributed by atoms with E-state index in [0.717, 1.165) is 17.4 Å². The number of carbonyl (C=O) groups excluding carboxylic acids is 1. The summed E-state index contributed by atoms with van der Waals surface area (Å²) in [6.45, 7) is 5.68. The molecule has 0 aliphatic carbocycles. The molecular weight excluding hydrogens is 318 g/mol. The molecule has 106 valence electrons. The van der Waals surface area contributed by atoms with Gasteiger partial charge in [-0.1, -0.05) is 29.8 Å². The van der Waals surface area contributed by atoms with Gasteiger partial charge < -0.3 is 10.6 Å². The average molecular weight is 336 g/mol. The molecule has 1 aromatic carbocycles. The fourth-order valence-electron chi connectivity index (χ4n) is 2.62. The minimum absolute atomic E-state index is 0.00731. The molecule has 0 spiro atoms. The van der Waals surface area contributed by atoms with Gasteiger partial charge in [-0.15, -0.1) is 0 Å². The van der Waals surface area contributed by atoms with Crippen LogP contribution in [0.4, 0.5) is 5.69 Å². The van der Waals surface area contributed by atoms with E-state index in [1.54, 1.807) is 18.2 Å². The molecule has 1 heterocycles. The first kappa shape index (κ1) is 15.0. The molecule has 0 bridgehead atoms. The Bertz CT molecular complexity index is 557. The Kier molecular flexibility index (Phi) is 4.46. The quantitative estimate of drug-likeness (QED) is 0.892. The van der Waals surface area contributed by atoms with E-state index in [0.29, 0.717) is 17.8 Å². The zero-order valence-electron chi connectivity index (χ0n) is 11.7. The van der Waals surface area contributed by atoms with Crippen LogP contribution in [0.1, 0.15) is 25.8 Å². The number of halogens is 1. The van der Waals surface area contributed by atoms with Gasteiger partial charge in [-0.25, -0.2) is 0 Å². The maximum atomic E-state index is 12.7. The SMILES string of the molecule is CC(C)C1(C(=O)Nc2cc(Br)ccc2C#N)CCNC1. The molecule has 5 heteroatoms. The maximum absolute atomic E-state index is 12.7. The Morgan fingerprint density at radius 1 is 1.55 bits per heavy atom. The van der Waals surface area contributed by atoms with Crippen molar-refractivity contribution in [2.24, 2.45) is 11.3 Å². The predicted molar refractivity (Wildman–Crippen MR) is 82.2 cm³/mol. The van der Waals surface area contributed by atoms with Crippen LogP contribution < -0.4 is 10.6 Å². The van der Waals surface area contributed by atoms with Crippen LogP contribution in [-0.4, -0.2) is 19.0 Å². The first-order valence-corrected chi connectivity index (χ1v) is 7.51. The van der Waals surface area contributed by atoms with E-state index in [9.17, 15) is 4.79 Å². The Hall–Kier alpha value is -1.38. The molecule has 1 aliphatic heterocycles. The van der Waals surface area contributed by atoms with Crippen molar-refractivity contribution in [3.63, 3.8) is 0 Å². The number of anilines is 1. The summed E-state index contributed by atoms with van der Waals surface area (Å²) >= 11 is 3.37. The van der Waals surface area contributed by atoms with Crippen molar-refractivity contribution in [2.75, 3.05) is 18.4 Å². The second kappa shape index (κ2) is 5.94. The largest absolute Gasteiger partial charge is 0.324 e. The van der Waals surface area contributed by atoms with Gasteiger partial charge in [0.2, 0.25) is 5.91 Å². The summed E-state index contributed by atoms with van der Waals surface area (Å²) in [5.74, 6) is 0.238. The molecular formula is C15H18BrN3O. The lowest BCUT2D eigenvalue weighted by atomic mass is 9.75. The zero-order valence-corrected chi connectivity index (χ0v) is 13.3. The number of amides is 1. The topological polar surface area (TPSA) is 64.9 Å². The van der Waals surface area contributed by atoms with Gasteiger partial charge >= 0.3 is 0 Å². The number of nitrogens with zero attached hydrogens (tertiary/aromatic N) is 1. The molecule has 1 aromatic rings. The first-order chi connectivity index (χ1) is 9.49. The van der Waals surface area contributed by atoms with Crippen molar-refractivity contribution >= 4 is 27.5 Å². The van der Waals surface area contributed by atoms with E-state index >= 15 is 0 Å². The number of hydrogen-bond donors (Lipinski definition) is 2. The number of carbonyl (C=O) groups is 1. The van der Waals surface area contributed by atoms with Gasteiger partial charge in [-0.3, -0.25) is 4.79 Å². The van der Waals surface area contributed by atoms with Gasteiger partial charge in [0.25, 0.3) is 0 Å². The van der Waals surface area contributed by atoms with Crippen molar-refractivity contribution in [1.82, 2.24) is 5.32 Å². The highest BCUT2D eigenvalue weighted by Crippen LogP contribution is 2.36. The molecule has 0 radical (unpaired) electrons. The highest BCUT2D eigenvalue weighted by molar-refractivity contribution is 9.10. The number of benzene rings is 1. The van der Waals surface area contributed by atoms with Crippen LogP contribution in [0.3, 0.4) is 0 Å². The van der Waals surface area contributed by atoms with Crippen molar-refractivity contribution in [3.8, 4) is 6.07 Å². The van der Waals surface area contributed by atoms with Crippen LogP contribution in [0.5, 0.6) is 0 Å². The number of nitriles is 1. The van der Waals surface area contributed by atoms with Crippen LogP contribution in [0.15, 0.2) is 22.7 Å². The smallest absolute Gasteiger partial charge is 0.232 e. The molecule has 1 unspecified atom stereocenters. The van der Waals surface area contributed by atoms with Crippen molar-refractivity contribution in [3.05, 3.63) is 28.2 Å². The molecule has 0 aromatic heterocycles. The molecule has 1 amide bonds. The Morgan fingerprint density at radius 2 is 2.30 bits per heavy atom. The molecule has 1 fully saturated rings. The second-order valence-electron chi connectivity index (χ2n) is 5.49. The molecule has 2 N–H and O–H groups in total. The van der Waals surface area contributed by atoms with Crippen molar-refractivity contribution < 1.29 is 4.79 Å². The maximum Gasteiger partial charge on any atom is 0.232 e. The van der Waals surface area contributed by atoms with Gasteiger partial charge in [0, 0.05) is 11.0 Å². The second-order valence-corrected chi connectivity index (χ2v) is 6.41. The van der Waals surface area contributed by atoms with Crippen molar-refractivity contribution in [2.45, 2.75) is 20.3 Å². The van der Waals surface area contributed by atoms with Gasteiger partial charge in [0.1, 0.15) is 6.07 Å². The summed E-state index contributed by atoms with van der Waals surface area (Å²) in [7, 11) is 0. The summed E-state index contributed by atoms with van der Waals surface area (Å²) in [5, 5.41) is 15.3. The Morgan fingerprint density at radius 3 is 2.85 bits per heavy atom. The van der Waals surface area contributed by atoms with E-state index in [1.165, 1.54) is 0 Å². The number of rotatable bonds is 3. The summed E-state index contributed by atoms with van der Waals surface area (Å²) in [5.41, 5.74) is 0.653. The van der Waals surface area contributed by atoms with Crippen molar-refractivity contribution in [1.29, 1.82) is 5.26 Å². The van der Waals surface area contributed by atoms with Gasteiger partial charge in [0.05, 0.1) is 16.7 Å². The van der Waals surface area contributed by atoms with E-state index < -0.39 is 5.41 Å². The molecule has 4 nitrogen and oxygen atoms in total. The van der Waals surface area contributed by atoms with Gasteiger partial charge in [-0.05, 0) is 37.1 Å². The molecule has 1 atom stereocenters. The van der Waals surface area contributed by atoms with Crippen LogP contribution in [-0.2, 0) is 4.79 Å². The highest BCUT2D eigenvalue weighted by atomic mass is 79.9. The number of hydrogen-bond acceptors (Lipinski definition) is 3. The predicted octanol–water partition coefficient (Wildman–Crippen LogP) is 2.89. The van der Waals surface area contributed by atoms with E-state index in [2.05, 4.69) is 46.5 Å². The fraction of sp³-hybridized carbons (Fsp3) is 0.467. The molecule has 0 saturated carbocycles. The highest BCUT2D eigenvalue weighted by Gasteiger charge is 2.44. The molecule has 1 saturated heterocycles. The third-order valence-corrected chi connectivity index (χ3v) is 4.59. The van der Waals surface area contributed by atoms with E-state index in [-0.39, 0.29) is 11.8 Å². The van der Waals surface area contributed by atoms with Crippen LogP contribution in [0.2, 0.25) is 0 Å². The first-order valence-electron chi connectivity index (χ1n) is 6.71. The Labute approximate surface area is 127 Å². The minimum Gasteiger partial charge on any atom is -0.324 e. The minimum atomic E-state index is -0.394. The van der Waals surface area contributed by atoms with E-state index in [4.69, 9.17) is 5.26 Å². The monoisotopic (exact) mass is 335 g/mol. The summed E-state index contributed by atoms with van der Waals surface area (Å²) < 4.78 is 0.843. The lowest BCUT2D eigenvalue weighted by Gasteiger charge is -2.31. The average Bonchev–Trinajstić information content (AvgIpc) is 2.89. The normalized spacial score (nSPS) is 21.8. The van der Waals surface area contributed by atoms with Gasteiger partial charge in [-0.2, -0.15) is 5.26 Å². The third-order valence-electron chi connectivity index (χ3n) is 4.10.